The van der Waals surface area contributed by atoms with E-state index in [-0.39, 0.29) is 22.3 Å². The quantitative estimate of drug-likeness (QED) is 0.0331. The maximum Gasteiger partial charge on any atom is 0.204 e. The van der Waals surface area contributed by atoms with Crippen LogP contribution in [0.2, 0.25) is 0 Å². The van der Waals surface area contributed by atoms with Crippen LogP contribution in [-0.2, 0) is 59.5 Å². The minimum atomic E-state index is 0. The van der Waals surface area contributed by atoms with Crippen molar-refractivity contribution >= 4 is 66.7 Å². The SMILES string of the molecule is C.C.C.C(=C\c1cccc(OCc2ccc3ccccc3n2)c1)/c1ccc(-c2nn[nH]n2)cc1.COc1ccc(-c2ncn[nH]2)cc1OCc1ccc(OCc2ccc3ccccc3n2)cc1.Cn1cc(Cc2cccc(-c3nn[nH]n3)c2)c2ccc(OCc3ccc4ccccc4n3)cc21.c1ccc(Cc2nn[nH]n2)c(COc2ccc(OCc3ccc4ccccc4n3)cc2)c1. The zero-order chi connectivity index (χ0) is 87.8. The molecule has 0 aliphatic heterocycles. The first-order chi connectivity index (χ1) is 64.2. The average Bonchev–Trinajstić information content (AvgIpc) is 1.64. The number of fused-ring (bicyclic) bond motifs is 5. The fraction of sp³-hybridized carbons (Fsp3) is 0.123. The lowest BCUT2D eigenvalue weighted by atomic mass is 10.0. The van der Waals surface area contributed by atoms with Gasteiger partial charge in [0.25, 0.3) is 0 Å². The third kappa shape index (κ3) is 23.9. The Balaban J connectivity index is 0.000000134. The summed E-state index contributed by atoms with van der Waals surface area (Å²) in [5.74, 6) is 7.75. The van der Waals surface area contributed by atoms with Gasteiger partial charge >= 0.3 is 0 Å². The Bertz CT molecular complexity index is 7330. The van der Waals surface area contributed by atoms with Crippen LogP contribution in [0.1, 0.15) is 89.8 Å². The van der Waals surface area contributed by atoms with Gasteiger partial charge in [0.05, 0.1) is 57.5 Å². The van der Waals surface area contributed by atoms with Gasteiger partial charge < -0.3 is 37.7 Å². The summed E-state index contributed by atoms with van der Waals surface area (Å²) in [5, 5.41) is 55.0. The van der Waals surface area contributed by atoms with Gasteiger partial charge in [-0.1, -0.05) is 228 Å². The first-order valence-corrected chi connectivity index (χ1v) is 41.9. The van der Waals surface area contributed by atoms with E-state index in [1.54, 1.807) is 7.11 Å². The first kappa shape index (κ1) is 90.3. The monoisotopic (exact) mass is 1760 g/mol. The van der Waals surface area contributed by atoms with Gasteiger partial charge in [-0.3, -0.25) is 5.10 Å². The number of pyridine rings is 4. The summed E-state index contributed by atoms with van der Waals surface area (Å²) < 4.78 is 43.5. The Kier molecular flexibility index (Phi) is 30.1. The van der Waals surface area contributed by atoms with Crippen LogP contribution in [0, 0.1) is 0 Å². The van der Waals surface area contributed by atoms with Crippen molar-refractivity contribution in [2.24, 2.45) is 7.05 Å². The molecule has 0 spiro atoms. The van der Waals surface area contributed by atoms with Crippen molar-refractivity contribution in [2.45, 2.75) is 74.8 Å². The standard InChI is InChI=1S/C27H22N6O.C26H22N4O3.C25H21N5O2.C25H19N5O.3CH4/c1-33-16-21(14-18-5-4-7-20(13-18)27-29-31-32-30-27)24-12-11-23(15-26(24)33)34-17-22-10-9-19-6-2-3-8-25(19)28-22;1-31-24-13-9-20(26-27-17-28-30-26)14-25(24)33-15-18-6-11-22(12-7-18)32-16-21-10-8-19-4-2-3-5-23(19)29-21;1-2-7-20(19(6-1)15-25-27-29-30-28-25)16-31-22-11-13-23(14-12-22)32-17-21-10-9-18-5-3-4-8-24(18)26-21;1-2-7-24-20(5-1)14-15-22(26-24)17-31-23-6-3-4-19(16-23)9-8-18-10-12-21(13-11-18)25-27-29-30-28-25;;;/h2-13,15-16H,14,17H2,1H3,(H,29,30,31,32);2-14,17H,15-16H2,1H3,(H,27,28,30);1-14H,15-17H2,(H,27,28,29,30);1-16H,17H2,(H,27,28,29,30);3*1H4/b;;;9-8+;;;. The van der Waals surface area contributed by atoms with E-state index in [9.17, 15) is 0 Å². The van der Waals surface area contributed by atoms with E-state index in [1.807, 2.05) is 261 Å². The number of methoxy groups -OCH3 is 1. The zero-order valence-electron chi connectivity index (χ0n) is 70.7. The van der Waals surface area contributed by atoms with E-state index in [2.05, 4.69) is 189 Å². The molecule has 9 heterocycles. The average molecular weight is 1760 g/mol. The second-order valence-corrected chi connectivity index (χ2v) is 30.1. The maximum atomic E-state index is 6.09. The molecular formula is C106H96N20O7. The van der Waals surface area contributed by atoms with E-state index in [4.69, 9.17) is 38.1 Å². The lowest BCUT2D eigenvalue weighted by Gasteiger charge is -2.12. The van der Waals surface area contributed by atoms with Crippen LogP contribution >= 0.6 is 0 Å². The van der Waals surface area contributed by atoms with Crippen molar-refractivity contribution in [3.8, 4) is 74.4 Å². The predicted octanol–water partition coefficient (Wildman–Crippen LogP) is 21.8. The number of para-hydroxylation sites is 4. The lowest BCUT2D eigenvalue weighted by Crippen LogP contribution is -2.02. The van der Waals surface area contributed by atoms with E-state index >= 15 is 0 Å². The summed E-state index contributed by atoms with van der Waals surface area (Å²) in [4.78, 5) is 22.8. The number of aryl methyl sites for hydroxylation is 1. The Hall–Kier alpha value is -17.5. The fourth-order valence-corrected chi connectivity index (χ4v) is 14.5. The minimum Gasteiger partial charge on any atom is -0.493 e. The van der Waals surface area contributed by atoms with E-state index in [1.165, 1.54) is 22.8 Å². The Morgan fingerprint density at radius 3 is 1.37 bits per heavy atom. The number of aromatic amines is 4. The number of hydrogen-bond donors (Lipinski definition) is 4. The summed E-state index contributed by atoms with van der Waals surface area (Å²) in [6.45, 7) is 2.52. The molecule has 21 aromatic rings. The first-order valence-electron chi connectivity index (χ1n) is 41.9. The van der Waals surface area contributed by atoms with Gasteiger partial charge in [0.2, 0.25) is 11.6 Å². The number of nitrogens with zero attached hydrogens (tertiary/aromatic N) is 16. The highest BCUT2D eigenvalue weighted by molar-refractivity contribution is 5.86. The molecule has 27 heteroatoms. The second-order valence-electron chi connectivity index (χ2n) is 30.1. The van der Waals surface area contributed by atoms with Crippen molar-refractivity contribution in [3.05, 3.63) is 408 Å². The molecule has 0 bridgehead atoms. The number of aromatic nitrogens is 20. The number of rotatable bonds is 28. The molecule has 662 valence electrons. The molecule has 21 rings (SSSR count). The van der Waals surface area contributed by atoms with Gasteiger partial charge in [-0.05, 0) is 189 Å². The van der Waals surface area contributed by atoms with Gasteiger partial charge in [-0.15, -0.1) is 30.6 Å². The van der Waals surface area contributed by atoms with Crippen molar-refractivity contribution in [1.29, 1.82) is 0 Å². The number of H-pyrrole nitrogens is 4. The smallest absolute Gasteiger partial charge is 0.204 e. The topological polar surface area (TPSA) is 326 Å². The summed E-state index contributed by atoms with van der Waals surface area (Å²) >= 11 is 0. The van der Waals surface area contributed by atoms with E-state index < -0.39 is 0 Å². The van der Waals surface area contributed by atoms with Crippen molar-refractivity contribution in [1.82, 2.24) is 102 Å². The molecule has 4 N–H and O–H groups in total. The van der Waals surface area contributed by atoms with Crippen LogP contribution in [0.15, 0.2) is 340 Å². The minimum absolute atomic E-state index is 0. The molecule has 0 aliphatic carbocycles. The van der Waals surface area contributed by atoms with Crippen LogP contribution in [-0.4, -0.2) is 109 Å². The van der Waals surface area contributed by atoms with Crippen molar-refractivity contribution < 1.29 is 33.2 Å². The van der Waals surface area contributed by atoms with Gasteiger partial charge in [-0.25, -0.2) is 24.9 Å². The van der Waals surface area contributed by atoms with Gasteiger partial charge in [0.1, 0.15) is 74.7 Å². The molecule has 0 radical (unpaired) electrons. The third-order valence-corrected chi connectivity index (χ3v) is 21.2. The van der Waals surface area contributed by atoms with Crippen LogP contribution < -0.4 is 33.2 Å². The molecule has 133 heavy (non-hydrogen) atoms. The van der Waals surface area contributed by atoms with Crippen LogP contribution in [0.3, 0.4) is 0 Å². The number of nitrogens with one attached hydrogen (secondary N) is 4. The van der Waals surface area contributed by atoms with Gasteiger partial charge in [0, 0.05) is 69.4 Å². The van der Waals surface area contributed by atoms with E-state index in [0.717, 1.165) is 152 Å². The molecule has 0 saturated heterocycles. The highest BCUT2D eigenvalue weighted by atomic mass is 16.5. The molecule has 0 fully saturated rings. The molecule has 27 nitrogen and oxygen atoms in total. The maximum absolute atomic E-state index is 6.09. The number of tetrazole rings is 3. The summed E-state index contributed by atoms with van der Waals surface area (Å²) in [6, 6.07) is 108. The Labute approximate surface area is 768 Å². The Morgan fingerprint density at radius 1 is 0.338 bits per heavy atom. The molecular weight excluding hydrogens is 1670 g/mol. The second kappa shape index (κ2) is 44.3. The number of hydrogen-bond acceptors (Lipinski definition) is 22. The molecule has 0 aliphatic rings. The van der Waals surface area contributed by atoms with Crippen LogP contribution in [0.5, 0.6) is 40.2 Å². The highest BCUT2D eigenvalue weighted by Gasteiger charge is 2.16. The Morgan fingerprint density at radius 2 is 0.827 bits per heavy atom. The molecule has 0 saturated carbocycles. The summed E-state index contributed by atoms with van der Waals surface area (Å²) in [7, 11) is 3.68. The molecule has 0 atom stereocenters. The van der Waals surface area contributed by atoms with Crippen molar-refractivity contribution in [2.75, 3.05) is 7.11 Å². The molecule has 0 amide bonds. The number of ether oxygens (including phenoxy) is 7. The van der Waals surface area contributed by atoms with E-state index in [0.29, 0.717) is 80.9 Å². The van der Waals surface area contributed by atoms with Crippen LogP contribution in [0.25, 0.3) is 101 Å². The van der Waals surface area contributed by atoms with Gasteiger partial charge in [0.15, 0.2) is 23.1 Å². The molecule has 9 aromatic heterocycles. The lowest BCUT2D eigenvalue weighted by molar-refractivity contribution is 0.283. The summed E-state index contributed by atoms with van der Waals surface area (Å²) in [6.07, 6.45) is 9.19. The molecule has 0 unspecified atom stereocenters. The largest absolute Gasteiger partial charge is 0.493 e. The fourth-order valence-electron chi connectivity index (χ4n) is 14.5. The van der Waals surface area contributed by atoms with Crippen LogP contribution in [0.4, 0.5) is 0 Å². The van der Waals surface area contributed by atoms with Crippen molar-refractivity contribution in [3.63, 3.8) is 0 Å². The molecule has 12 aromatic carbocycles. The zero-order valence-corrected chi connectivity index (χ0v) is 70.7. The third-order valence-electron chi connectivity index (χ3n) is 21.2. The highest BCUT2D eigenvalue weighted by Crippen LogP contribution is 2.34. The van der Waals surface area contributed by atoms with Gasteiger partial charge in [-0.2, -0.15) is 20.7 Å². The normalized spacial score (nSPS) is 10.8. The predicted molar refractivity (Wildman–Crippen MR) is 518 cm³/mol. The summed E-state index contributed by atoms with van der Waals surface area (Å²) in [5.41, 5.74) is 19.2. The number of benzene rings is 12.